The normalized spacial score (nSPS) is 23.9. The molecule has 154 valence electrons. The van der Waals surface area contributed by atoms with Crippen molar-refractivity contribution in [2.45, 2.75) is 68.7 Å². The summed E-state index contributed by atoms with van der Waals surface area (Å²) >= 11 is 0. The van der Waals surface area contributed by atoms with Crippen LogP contribution in [0.25, 0.3) is 0 Å². The van der Waals surface area contributed by atoms with Gasteiger partial charge in [0.2, 0.25) is 15.9 Å². The predicted octanol–water partition coefficient (Wildman–Crippen LogP) is 3.13. The van der Waals surface area contributed by atoms with Crippen LogP contribution in [0.5, 0.6) is 0 Å². The number of anilines is 1. The van der Waals surface area contributed by atoms with Gasteiger partial charge in [0.05, 0.1) is 16.7 Å². The maximum atomic E-state index is 12.5. The quantitative estimate of drug-likeness (QED) is 0.669. The Kier molecular flexibility index (Phi) is 6.72. The number of hydrogen-bond donors (Lipinski definition) is 3. The maximum Gasteiger partial charge on any atom is 0.307 e. The molecule has 2 atom stereocenters. The minimum Gasteiger partial charge on any atom is -0.481 e. The van der Waals surface area contributed by atoms with Crippen molar-refractivity contribution in [3.8, 4) is 0 Å². The van der Waals surface area contributed by atoms with Crippen LogP contribution >= 0.6 is 0 Å². The molecular weight excluding hydrogens is 380 g/mol. The Balaban J connectivity index is 1.63. The third-order valence-corrected chi connectivity index (χ3v) is 7.32. The second kappa shape index (κ2) is 9.05. The molecule has 28 heavy (non-hydrogen) atoms. The molecule has 0 spiro atoms. The van der Waals surface area contributed by atoms with Gasteiger partial charge in [-0.05, 0) is 49.9 Å². The first-order valence-electron chi connectivity index (χ1n) is 10.0. The molecule has 3 rings (SSSR count). The molecule has 2 aliphatic rings. The molecule has 0 bridgehead atoms. The van der Waals surface area contributed by atoms with Crippen LogP contribution in [-0.4, -0.2) is 31.4 Å². The van der Waals surface area contributed by atoms with Crippen molar-refractivity contribution in [1.29, 1.82) is 0 Å². The molecule has 1 amide bonds. The van der Waals surface area contributed by atoms with Gasteiger partial charge in [0.15, 0.2) is 0 Å². The van der Waals surface area contributed by atoms with Crippen LogP contribution in [-0.2, 0) is 19.6 Å². The molecule has 0 aliphatic heterocycles. The summed E-state index contributed by atoms with van der Waals surface area (Å²) in [4.78, 5) is 24.1. The second-order valence-corrected chi connectivity index (χ2v) is 9.52. The molecule has 0 heterocycles. The Morgan fingerprint density at radius 1 is 0.857 bits per heavy atom. The van der Waals surface area contributed by atoms with E-state index in [4.69, 9.17) is 0 Å². The highest BCUT2D eigenvalue weighted by Gasteiger charge is 2.35. The zero-order chi connectivity index (χ0) is 20.1. The van der Waals surface area contributed by atoms with E-state index in [0.29, 0.717) is 18.5 Å². The topological polar surface area (TPSA) is 113 Å². The molecule has 0 saturated heterocycles. The largest absolute Gasteiger partial charge is 0.481 e. The summed E-state index contributed by atoms with van der Waals surface area (Å²) in [7, 11) is -3.59. The third kappa shape index (κ3) is 5.11. The van der Waals surface area contributed by atoms with Gasteiger partial charge < -0.3 is 10.4 Å². The van der Waals surface area contributed by atoms with Crippen molar-refractivity contribution < 1.29 is 23.1 Å². The highest BCUT2D eigenvalue weighted by Crippen LogP contribution is 2.31. The second-order valence-electron chi connectivity index (χ2n) is 7.81. The van der Waals surface area contributed by atoms with Gasteiger partial charge in [-0.1, -0.05) is 32.1 Å². The fraction of sp³-hybridized carbons (Fsp3) is 0.600. The first-order valence-corrected chi connectivity index (χ1v) is 11.5. The van der Waals surface area contributed by atoms with E-state index in [-0.39, 0.29) is 16.8 Å². The van der Waals surface area contributed by atoms with Gasteiger partial charge in [0.25, 0.3) is 0 Å². The Hall–Kier alpha value is -1.93. The van der Waals surface area contributed by atoms with Gasteiger partial charge >= 0.3 is 5.97 Å². The van der Waals surface area contributed by atoms with Crippen LogP contribution in [0.3, 0.4) is 0 Å². The van der Waals surface area contributed by atoms with Gasteiger partial charge in [-0.3, -0.25) is 9.59 Å². The van der Waals surface area contributed by atoms with E-state index in [1.54, 1.807) is 12.1 Å². The maximum absolute atomic E-state index is 12.5. The molecule has 7 nitrogen and oxygen atoms in total. The van der Waals surface area contributed by atoms with Crippen LogP contribution in [0.4, 0.5) is 5.69 Å². The number of benzene rings is 1. The van der Waals surface area contributed by atoms with Crippen molar-refractivity contribution in [3.05, 3.63) is 24.3 Å². The van der Waals surface area contributed by atoms with Gasteiger partial charge in [0, 0.05) is 11.7 Å². The summed E-state index contributed by atoms with van der Waals surface area (Å²) in [6.07, 6.45) is 7.67. The zero-order valence-corrected chi connectivity index (χ0v) is 16.7. The minimum atomic E-state index is -3.59. The molecule has 2 saturated carbocycles. The first kappa shape index (κ1) is 20.8. The number of carbonyl (C=O) groups is 2. The van der Waals surface area contributed by atoms with Crippen molar-refractivity contribution >= 4 is 27.6 Å². The number of rotatable bonds is 6. The molecule has 2 fully saturated rings. The first-order chi connectivity index (χ1) is 13.4. The zero-order valence-electron chi connectivity index (χ0n) is 15.9. The minimum absolute atomic E-state index is 0.0163. The van der Waals surface area contributed by atoms with Gasteiger partial charge in [0.1, 0.15) is 0 Å². The molecule has 2 aliphatic carbocycles. The predicted molar refractivity (Wildman–Crippen MR) is 105 cm³/mol. The number of carboxylic acids is 1. The van der Waals surface area contributed by atoms with E-state index in [9.17, 15) is 23.1 Å². The summed E-state index contributed by atoms with van der Waals surface area (Å²) in [6.45, 7) is 0. The van der Waals surface area contributed by atoms with Gasteiger partial charge in [-0.25, -0.2) is 13.1 Å². The Labute approximate surface area is 166 Å². The summed E-state index contributed by atoms with van der Waals surface area (Å²) in [5.74, 6) is -2.46. The molecule has 0 aromatic heterocycles. The lowest BCUT2D eigenvalue weighted by Crippen LogP contribution is -2.36. The lowest BCUT2D eigenvalue weighted by molar-refractivity contribution is -0.147. The number of amides is 1. The number of carboxylic acid groups (broad SMARTS) is 1. The van der Waals surface area contributed by atoms with E-state index >= 15 is 0 Å². The number of aliphatic carboxylic acids is 1. The smallest absolute Gasteiger partial charge is 0.307 e. The van der Waals surface area contributed by atoms with Crippen LogP contribution in [0.15, 0.2) is 29.2 Å². The fourth-order valence-corrected chi connectivity index (χ4v) is 5.51. The monoisotopic (exact) mass is 408 g/mol. The van der Waals surface area contributed by atoms with Crippen LogP contribution < -0.4 is 10.0 Å². The van der Waals surface area contributed by atoms with E-state index in [2.05, 4.69) is 10.0 Å². The fourth-order valence-electron chi connectivity index (χ4n) is 4.20. The SMILES string of the molecule is O=C(Nc1ccc(S(=O)(=O)NC2CCCCC2)cc1)[C@H]1CCCC[C@H]1C(=O)O. The number of hydrogen-bond acceptors (Lipinski definition) is 4. The van der Waals surface area contributed by atoms with E-state index in [0.717, 1.165) is 44.9 Å². The van der Waals surface area contributed by atoms with Crippen molar-refractivity contribution in [2.75, 3.05) is 5.32 Å². The Morgan fingerprint density at radius 3 is 2.04 bits per heavy atom. The lowest BCUT2D eigenvalue weighted by atomic mass is 9.78. The molecule has 1 aromatic carbocycles. The molecule has 8 heteroatoms. The van der Waals surface area contributed by atoms with Crippen LogP contribution in [0, 0.1) is 11.8 Å². The third-order valence-electron chi connectivity index (χ3n) is 5.78. The molecule has 0 unspecified atom stereocenters. The van der Waals surface area contributed by atoms with Crippen molar-refractivity contribution in [3.63, 3.8) is 0 Å². The number of nitrogens with one attached hydrogen (secondary N) is 2. The Morgan fingerprint density at radius 2 is 1.43 bits per heavy atom. The molecule has 0 radical (unpaired) electrons. The average molecular weight is 409 g/mol. The molecule has 3 N–H and O–H groups in total. The van der Waals surface area contributed by atoms with E-state index < -0.39 is 27.8 Å². The summed E-state index contributed by atoms with van der Waals surface area (Å²) in [6, 6.07) is 6.02. The van der Waals surface area contributed by atoms with Crippen LogP contribution in [0.1, 0.15) is 57.8 Å². The average Bonchev–Trinajstić information content (AvgIpc) is 2.69. The summed E-state index contributed by atoms with van der Waals surface area (Å²) < 4.78 is 27.8. The van der Waals surface area contributed by atoms with Crippen LogP contribution in [0.2, 0.25) is 0 Å². The van der Waals surface area contributed by atoms with Gasteiger partial charge in [-0.2, -0.15) is 0 Å². The van der Waals surface area contributed by atoms with E-state index in [1.165, 1.54) is 12.1 Å². The molecular formula is C20H28N2O5S. The van der Waals surface area contributed by atoms with E-state index in [1.807, 2.05) is 0 Å². The standard InChI is InChI=1S/C20H28N2O5S/c23-19(17-8-4-5-9-18(17)20(24)25)21-14-10-12-16(13-11-14)28(26,27)22-15-6-2-1-3-7-15/h10-13,15,17-18,22H,1-9H2,(H,21,23)(H,24,25)/t17-,18+/m0/s1. The Bertz CT molecular complexity index is 800. The lowest BCUT2D eigenvalue weighted by Gasteiger charge is -2.27. The highest BCUT2D eigenvalue weighted by atomic mass is 32.2. The summed E-state index contributed by atoms with van der Waals surface area (Å²) in [5, 5.41) is 12.1. The molecule has 1 aromatic rings. The highest BCUT2D eigenvalue weighted by molar-refractivity contribution is 7.89. The van der Waals surface area contributed by atoms with Crippen molar-refractivity contribution in [2.24, 2.45) is 11.8 Å². The number of sulfonamides is 1. The number of carbonyl (C=O) groups excluding carboxylic acids is 1. The van der Waals surface area contributed by atoms with Crippen molar-refractivity contribution in [1.82, 2.24) is 4.72 Å². The van der Waals surface area contributed by atoms with Gasteiger partial charge in [-0.15, -0.1) is 0 Å². The summed E-state index contributed by atoms with van der Waals surface area (Å²) in [5.41, 5.74) is 0.469.